The molecule has 0 fully saturated rings. The summed E-state index contributed by atoms with van der Waals surface area (Å²) in [6.45, 7) is 7.41. The molecule has 0 heterocycles. The van der Waals surface area contributed by atoms with Crippen LogP contribution in [0.4, 0.5) is 0 Å². The SMILES string of the molecule is CCOCCOCCOCCOCCCCCCCCCCCCCCCCCCCC(=O)O. The molecule has 34 heavy (non-hydrogen) atoms. The van der Waals surface area contributed by atoms with Crippen LogP contribution in [0.1, 0.15) is 122 Å². The molecule has 0 aliphatic carbocycles. The van der Waals surface area contributed by atoms with Crippen molar-refractivity contribution in [1.82, 2.24) is 0 Å². The Kier molecular flexibility index (Phi) is 29.7. The van der Waals surface area contributed by atoms with Crippen LogP contribution in [0.2, 0.25) is 0 Å². The van der Waals surface area contributed by atoms with Crippen molar-refractivity contribution in [3.8, 4) is 0 Å². The van der Waals surface area contributed by atoms with E-state index in [1.807, 2.05) is 6.92 Å². The second-order valence-electron chi connectivity index (χ2n) is 9.19. The van der Waals surface area contributed by atoms with Gasteiger partial charge in [-0.15, -0.1) is 0 Å². The number of unbranched alkanes of at least 4 members (excludes halogenated alkanes) is 16. The van der Waals surface area contributed by atoms with Gasteiger partial charge in [0.15, 0.2) is 0 Å². The third-order valence-electron chi connectivity index (χ3n) is 6.00. The van der Waals surface area contributed by atoms with Gasteiger partial charge in [0, 0.05) is 19.6 Å². The second-order valence-corrected chi connectivity index (χ2v) is 9.19. The fourth-order valence-electron chi connectivity index (χ4n) is 3.94. The molecule has 6 heteroatoms. The van der Waals surface area contributed by atoms with E-state index in [9.17, 15) is 4.79 Å². The Morgan fingerprint density at radius 2 is 0.735 bits per heavy atom. The van der Waals surface area contributed by atoms with E-state index >= 15 is 0 Å². The molecule has 0 unspecified atom stereocenters. The van der Waals surface area contributed by atoms with Crippen molar-refractivity contribution in [2.24, 2.45) is 0 Å². The quantitative estimate of drug-likeness (QED) is 0.108. The molecule has 0 saturated heterocycles. The molecule has 0 aliphatic rings. The Labute approximate surface area is 210 Å². The minimum absolute atomic E-state index is 0.333. The van der Waals surface area contributed by atoms with Gasteiger partial charge in [0.1, 0.15) is 0 Å². The number of carbonyl (C=O) groups is 1. The Bertz CT molecular complexity index is 391. The van der Waals surface area contributed by atoms with E-state index in [-0.39, 0.29) is 0 Å². The fourth-order valence-corrected chi connectivity index (χ4v) is 3.94. The number of hydrogen-bond acceptors (Lipinski definition) is 5. The van der Waals surface area contributed by atoms with Crippen LogP contribution in [-0.2, 0) is 23.7 Å². The molecule has 0 atom stereocenters. The van der Waals surface area contributed by atoms with E-state index in [0.29, 0.717) is 46.1 Å². The van der Waals surface area contributed by atoms with E-state index in [1.54, 1.807) is 0 Å². The number of carboxylic acids is 1. The van der Waals surface area contributed by atoms with Gasteiger partial charge in [-0.05, 0) is 19.8 Å². The average molecular weight is 489 g/mol. The molecule has 6 nitrogen and oxygen atoms in total. The van der Waals surface area contributed by atoms with Gasteiger partial charge < -0.3 is 24.1 Å². The first kappa shape index (κ1) is 33.3. The van der Waals surface area contributed by atoms with Gasteiger partial charge in [-0.1, -0.05) is 96.3 Å². The summed E-state index contributed by atoms with van der Waals surface area (Å²) in [7, 11) is 0. The van der Waals surface area contributed by atoms with Crippen LogP contribution in [0.3, 0.4) is 0 Å². The van der Waals surface area contributed by atoms with Gasteiger partial charge in [0.25, 0.3) is 0 Å². The Morgan fingerprint density at radius 1 is 0.441 bits per heavy atom. The number of ether oxygens (including phenoxy) is 4. The summed E-state index contributed by atoms with van der Waals surface area (Å²) in [4.78, 5) is 10.4. The third-order valence-corrected chi connectivity index (χ3v) is 6.00. The lowest BCUT2D eigenvalue weighted by molar-refractivity contribution is -0.137. The van der Waals surface area contributed by atoms with E-state index in [2.05, 4.69) is 0 Å². The van der Waals surface area contributed by atoms with Crippen molar-refractivity contribution < 1.29 is 28.8 Å². The highest BCUT2D eigenvalue weighted by Crippen LogP contribution is 2.14. The number of carboxylic acid groups (broad SMARTS) is 1. The number of hydrogen-bond donors (Lipinski definition) is 1. The largest absolute Gasteiger partial charge is 0.481 e. The zero-order chi connectivity index (χ0) is 24.8. The summed E-state index contributed by atoms with van der Waals surface area (Å²) >= 11 is 0. The first-order valence-corrected chi connectivity index (χ1v) is 14.3. The molecular weight excluding hydrogens is 432 g/mol. The smallest absolute Gasteiger partial charge is 0.303 e. The van der Waals surface area contributed by atoms with Crippen LogP contribution in [-0.4, -0.2) is 63.9 Å². The molecule has 0 bridgehead atoms. The molecule has 0 rings (SSSR count). The Morgan fingerprint density at radius 3 is 1.09 bits per heavy atom. The molecule has 1 N–H and O–H groups in total. The van der Waals surface area contributed by atoms with Crippen molar-refractivity contribution in [2.75, 3.05) is 52.9 Å². The lowest BCUT2D eigenvalue weighted by Gasteiger charge is -2.07. The molecule has 0 aliphatic heterocycles. The van der Waals surface area contributed by atoms with Gasteiger partial charge in [-0.25, -0.2) is 0 Å². The minimum atomic E-state index is -0.661. The predicted octanol–water partition coefficient (Wildman–Crippen LogP) is 7.18. The molecule has 0 radical (unpaired) electrons. The second kappa shape index (κ2) is 30.3. The summed E-state index contributed by atoms with van der Waals surface area (Å²) < 4.78 is 21.7. The van der Waals surface area contributed by atoms with Crippen molar-refractivity contribution in [3.05, 3.63) is 0 Å². The van der Waals surface area contributed by atoms with Crippen LogP contribution < -0.4 is 0 Å². The molecule has 0 amide bonds. The minimum Gasteiger partial charge on any atom is -0.481 e. The van der Waals surface area contributed by atoms with Gasteiger partial charge in [0.2, 0.25) is 0 Å². The monoisotopic (exact) mass is 488 g/mol. The number of rotatable bonds is 30. The maximum atomic E-state index is 10.4. The summed E-state index contributed by atoms with van der Waals surface area (Å²) in [5.41, 5.74) is 0. The molecule has 0 spiro atoms. The molecule has 0 saturated carbocycles. The van der Waals surface area contributed by atoms with E-state index in [1.165, 1.54) is 89.9 Å². The fraction of sp³-hybridized carbons (Fsp3) is 0.964. The highest BCUT2D eigenvalue weighted by Gasteiger charge is 1.98. The van der Waals surface area contributed by atoms with Crippen molar-refractivity contribution in [1.29, 1.82) is 0 Å². The van der Waals surface area contributed by atoms with Gasteiger partial charge in [-0.2, -0.15) is 0 Å². The zero-order valence-corrected chi connectivity index (χ0v) is 22.4. The first-order chi connectivity index (χ1) is 16.8. The zero-order valence-electron chi connectivity index (χ0n) is 22.4. The van der Waals surface area contributed by atoms with Crippen LogP contribution in [0, 0.1) is 0 Å². The maximum absolute atomic E-state index is 10.4. The highest BCUT2D eigenvalue weighted by molar-refractivity contribution is 5.66. The maximum Gasteiger partial charge on any atom is 0.303 e. The van der Waals surface area contributed by atoms with Crippen molar-refractivity contribution in [2.45, 2.75) is 122 Å². The molecule has 0 aromatic carbocycles. The van der Waals surface area contributed by atoms with Crippen LogP contribution in [0.25, 0.3) is 0 Å². The topological polar surface area (TPSA) is 74.2 Å². The van der Waals surface area contributed by atoms with Crippen LogP contribution in [0.5, 0.6) is 0 Å². The number of aliphatic carboxylic acids is 1. The third kappa shape index (κ3) is 31.3. The molecular formula is C28H56O6. The van der Waals surface area contributed by atoms with E-state index in [0.717, 1.165) is 32.5 Å². The predicted molar refractivity (Wildman–Crippen MR) is 140 cm³/mol. The summed E-state index contributed by atoms with van der Waals surface area (Å²) in [5.74, 6) is -0.661. The summed E-state index contributed by atoms with van der Waals surface area (Å²) in [5, 5.41) is 8.60. The van der Waals surface area contributed by atoms with Gasteiger partial charge >= 0.3 is 5.97 Å². The standard InChI is InChI=1S/C28H56O6/c1-2-31-22-23-33-26-27-34-25-24-32-21-19-17-15-13-11-9-7-5-3-4-6-8-10-12-14-16-18-20-28(29)30/h2-27H2,1H3,(H,29,30). The first-order valence-electron chi connectivity index (χ1n) is 14.3. The molecule has 204 valence electrons. The Hall–Kier alpha value is -0.690. The molecule has 0 aromatic rings. The highest BCUT2D eigenvalue weighted by atomic mass is 16.6. The molecule has 0 aromatic heterocycles. The summed E-state index contributed by atoms with van der Waals surface area (Å²) in [6.07, 6.45) is 22.2. The lowest BCUT2D eigenvalue weighted by atomic mass is 10.0. The average Bonchev–Trinajstić information content (AvgIpc) is 2.83. The van der Waals surface area contributed by atoms with Gasteiger partial charge in [-0.3, -0.25) is 4.79 Å². The van der Waals surface area contributed by atoms with Crippen molar-refractivity contribution in [3.63, 3.8) is 0 Å². The normalized spacial score (nSPS) is 11.3. The Balaban J connectivity index is 3.01. The van der Waals surface area contributed by atoms with Crippen LogP contribution in [0.15, 0.2) is 0 Å². The lowest BCUT2D eigenvalue weighted by Crippen LogP contribution is -2.12. The van der Waals surface area contributed by atoms with Crippen molar-refractivity contribution >= 4 is 5.97 Å². The van der Waals surface area contributed by atoms with Gasteiger partial charge in [0.05, 0.1) is 39.6 Å². The van der Waals surface area contributed by atoms with E-state index in [4.69, 9.17) is 24.1 Å². The summed E-state index contributed by atoms with van der Waals surface area (Å²) in [6, 6.07) is 0. The van der Waals surface area contributed by atoms with Crippen LogP contribution >= 0.6 is 0 Å². The van der Waals surface area contributed by atoms with E-state index < -0.39 is 5.97 Å².